The van der Waals surface area contributed by atoms with E-state index in [9.17, 15) is 9.18 Å². The summed E-state index contributed by atoms with van der Waals surface area (Å²) in [5.74, 6) is -0.764. The molecule has 98 valence electrons. The summed E-state index contributed by atoms with van der Waals surface area (Å²) in [4.78, 5) is 15.2. The van der Waals surface area contributed by atoms with Gasteiger partial charge in [-0.15, -0.1) is 11.3 Å². The molecule has 1 aromatic heterocycles. The first-order valence-electron chi connectivity index (χ1n) is 5.37. The number of halogens is 1. The van der Waals surface area contributed by atoms with E-state index >= 15 is 0 Å². The molecule has 0 amide bonds. The fraction of sp³-hybridized carbons (Fsp3) is 0.0769. The highest BCUT2D eigenvalue weighted by Crippen LogP contribution is 2.18. The Bertz CT molecular complexity index is 592. The van der Waals surface area contributed by atoms with Crippen LogP contribution in [0.3, 0.4) is 0 Å². The van der Waals surface area contributed by atoms with E-state index in [0.717, 1.165) is 16.0 Å². The summed E-state index contributed by atoms with van der Waals surface area (Å²) in [5, 5.41) is 9.22. The van der Waals surface area contributed by atoms with Crippen LogP contribution < -0.4 is 4.74 Å². The van der Waals surface area contributed by atoms with E-state index in [1.54, 1.807) is 6.20 Å². The van der Waals surface area contributed by atoms with Gasteiger partial charge in [0.05, 0.1) is 0 Å². The molecule has 0 radical (unpaired) electrons. The zero-order valence-corrected chi connectivity index (χ0v) is 10.6. The van der Waals surface area contributed by atoms with Crippen molar-refractivity contribution >= 4 is 23.4 Å². The van der Waals surface area contributed by atoms with Gasteiger partial charge < -0.3 is 9.84 Å². The minimum atomic E-state index is -1.00. The number of benzene rings is 1. The molecular weight excluding hydrogens is 269 g/mol. The SMILES string of the molecule is O=C(O)/C=C/c1cnc(COc2ccc(F)cc2)s1. The van der Waals surface area contributed by atoms with Gasteiger partial charge in [0.25, 0.3) is 0 Å². The Morgan fingerprint density at radius 3 is 2.84 bits per heavy atom. The van der Waals surface area contributed by atoms with E-state index < -0.39 is 5.97 Å². The van der Waals surface area contributed by atoms with Gasteiger partial charge in [0.15, 0.2) is 0 Å². The molecule has 0 spiro atoms. The number of carboxylic acid groups (broad SMARTS) is 1. The third-order valence-electron chi connectivity index (χ3n) is 2.14. The first kappa shape index (κ1) is 13.2. The predicted molar refractivity (Wildman–Crippen MR) is 69.5 cm³/mol. The standard InChI is InChI=1S/C13H10FNO3S/c14-9-1-3-10(4-2-9)18-8-12-15-7-11(19-12)5-6-13(16)17/h1-7H,8H2,(H,16,17)/b6-5+. The van der Waals surface area contributed by atoms with Gasteiger partial charge in [0.1, 0.15) is 23.2 Å². The van der Waals surface area contributed by atoms with E-state index in [-0.39, 0.29) is 12.4 Å². The highest BCUT2D eigenvalue weighted by atomic mass is 32.1. The number of hydrogen-bond donors (Lipinski definition) is 1. The number of carbonyl (C=O) groups is 1. The number of ether oxygens (including phenoxy) is 1. The maximum atomic E-state index is 12.7. The van der Waals surface area contributed by atoms with Gasteiger partial charge in [-0.1, -0.05) is 0 Å². The van der Waals surface area contributed by atoms with Crippen LogP contribution in [0.15, 0.2) is 36.5 Å². The minimum absolute atomic E-state index is 0.261. The topological polar surface area (TPSA) is 59.4 Å². The lowest BCUT2D eigenvalue weighted by molar-refractivity contribution is -0.131. The maximum Gasteiger partial charge on any atom is 0.328 e. The van der Waals surface area contributed by atoms with Crippen molar-refractivity contribution in [1.29, 1.82) is 0 Å². The molecule has 1 heterocycles. The van der Waals surface area contributed by atoms with E-state index in [0.29, 0.717) is 5.75 Å². The molecule has 1 N–H and O–H groups in total. The molecule has 2 rings (SSSR count). The molecule has 0 saturated heterocycles. The number of thiazole rings is 1. The summed E-state index contributed by atoms with van der Waals surface area (Å²) >= 11 is 1.34. The van der Waals surface area contributed by atoms with Crippen molar-refractivity contribution in [2.24, 2.45) is 0 Å². The smallest absolute Gasteiger partial charge is 0.328 e. The Labute approximate surface area is 112 Å². The van der Waals surface area contributed by atoms with E-state index in [2.05, 4.69) is 4.98 Å². The number of aromatic nitrogens is 1. The van der Waals surface area contributed by atoms with Crippen molar-refractivity contribution < 1.29 is 19.0 Å². The van der Waals surface area contributed by atoms with Crippen LogP contribution in [0.4, 0.5) is 4.39 Å². The number of nitrogens with zero attached hydrogens (tertiary/aromatic N) is 1. The minimum Gasteiger partial charge on any atom is -0.486 e. The van der Waals surface area contributed by atoms with Crippen LogP contribution in [0.2, 0.25) is 0 Å². The fourth-order valence-electron chi connectivity index (χ4n) is 1.30. The Kier molecular flexibility index (Phi) is 4.25. The molecule has 0 fully saturated rings. The fourth-order valence-corrected chi connectivity index (χ4v) is 2.03. The number of carboxylic acids is 1. The molecule has 19 heavy (non-hydrogen) atoms. The van der Waals surface area contributed by atoms with Crippen LogP contribution in [0.5, 0.6) is 5.75 Å². The quantitative estimate of drug-likeness (QED) is 0.855. The van der Waals surface area contributed by atoms with Crippen LogP contribution >= 0.6 is 11.3 Å². The Morgan fingerprint density at radius 2 is 2.16 bits per heavy atom. The van der Waals surface area contributed by atoms with Crippen molar-refractivity contribution in [2.75, 3.05) is 0 Å². The number of rotatable bonds is 5. The molecule has 1 aromatic carbocycles. The molecule has 0 bridgehead atoms. The Hall–Kier alpha value is -2.21. The van der Waals surface area contributed by atoms with Crippen LogP contribution in [-0.2, 0) is 11.4 Å². The average molecular weight is 279 g/mol. The van der Waals surface area contributed by atoms with Crippen LogP contribution in [0, 0.1) is 5.82 Å². The zero-order chi connectivity index (χ0) is 13.7. The van der Waals surface area contributed by atoms with Crippen LogP contribution in [-0.4, -0.2) is 16.1 Å². The van der Waals surface area contributed by atoms with E-state index in [4.69, 9.17) is 9.84 Å². The van der Waals surface area contributed by atoms with Gasteiger partial charge >= 0.3 is 5.97 Å². The van der Waals surface area contributed by atoms with Crippen molar-refractivity contribution in [3.8, 4) is 5.75 Å². The highest BCUT2D eigenvalue weighted by molar-refractivity contribution is 7.12. The van der Waals surface area contributed by atoms with Crippen molar-refractivity contribution in [2.45, 2.75) is 6.61 Å². The third-order valence-corrected chi connectivity index (χ3v) is 3.07. The van der Waals surface area contributed by atoms with Gasteiger partial charge in [-0.3, -0.25) is 0 Å². The lowest BCUT2D eigenvalue weighted by Crippen LogP contribution is -1.94. The summed E-state index contributed by atoms with van der Waals surface area (Å²) in [6, 6.07) is 5.71. The Balaban J connectivity index is 1.93. The summed E-state index contributed by atoms with van der Waals surface area (Å²) in [5.41, 5.74) is 0. The largest absolute Gasteiger partial charge is 0.486 e. The van der Waals surface area contributed by atoms with E-state index in [1.165, 1.54) is 41.7 Å². The molecule has 0 unspecified atom stereocenters. The second-order valence-electron chi connectivity index (χ2n) is 3.57. The molecule has 4 nitrogen and oxygen atoms in total. The second kappa shape index (κ2) is 6.10. The number of hydrogen-bond acceptors (Lipinski definition) is 4. The lowest BCUT2D eigenvalue weighted by Gasteiger charge is -2.02. The summed E-state index contributed by atoms with van der Waals surface area (Å²) in [6.07, 6.45) is 4.10. The molecule has 0 aliphatic rings. The van der Waals surface area contributed by atoms with Gasteiger partial charge in [-0.2, -0.15) is 0 Å². The third kappa shape index (κ3) is 4.18. The van der Waals surface area contributed by atoms with Gasteiger partial charge in [-0.25, -0.2) is 14.2 Å². The average Bonchev–Trinajstić information content (AvgIpc) is 2.84. The Morgan fingerprint density at radius 1 is 1.42 bits per heavy atom. The van der Waals surface area contributed by atoms with E-state index in [1.807, 2.05) is 0 Å². The maximum absolute atomic E-state index is 12.7. The number of aliphatic carboxylic acids is 1. The van der Waals surface area contributed by atoms with Gasteiger partial charge in [-0.05, 0) is 30.3 Å². The van der Waals surface area contributed by atoms with Crippen molar-refractivity contribution in [3.05, 3.63) is 52.2 Å². The van der Waals surface area contributed by atoms with Crippen LogP contribution in [0.1, 0.15) is 9.88 Å². The van der Waals surface area contributed by atoms with Gasteiger partial charge in [0, 0.05) is 17.2 Å². The first-order valence-corrected chi connectivity index (χ1v) is 6.19. The normalized spacial score (nSPS) is 10.8. The lowest BCUT2D eigenvalue weighted by atomic mass is 10.3. The summed E-state index contributed by atoms with van der Waals surface area (Å²) < 4.78 is 18.1. The molecule has 0 atom stereocenters. The zero-order valence-electron chi connectivity index (χ0n) is 9.75. The van der Waals surface area contributed by atoms with Crippen molar-refractivity contribution in [3.63, 3.8) is 0 Å². The first-order chi connectivity index (χ1) is 9.13. The summed E-state index contributed by atoms with van der Waals surface area (Å²) in [6.45, 7) is 0.261. The summed E-state index contributed by atoms with van der Waals surface area (Å²) in [7, 11) is 0. The second-order valence-corrected chi connectivity index (χ2v) is 4.72. The predicted octanol–water partition coefficient (Wildman–Crippen LogP) is 2.96. The highest BCUT2D eigenvalue weighted by Gasteiger charge is 2.02. The molecule has 6 heteroatoms. The molecule has 2 aromatic rings. The molecule has 0 aliphatic heterocycles. The van der Waals surface area contributed by atoms with Crippen molar-refractivity contribution in [1.82, 2.24) is 4.98 Å². The van der Waals surface area contributed by atoms with Gasteiger partial charge in [0.2, 0.25) is 0 Å². The molecular formula is C13H10FNO3S. The monoisotopic (exact) mass is 279 g/mol. The molecule has 0 saturated carbocycles. The molecule has 0 aliphatic carbocycles. The van der Waals surface area contributed by atoms with Crippen LogP contribution in [0.25, 0.3) is 6.08 Å².